The summed E-state index contributed by atoms with van der Waals surface area (Å²) >= 11 is 0. The van der Waals surface area contributed by atoms with E-state index in [0.717, 1.165) is 30.4 Å². The van der Waals surface area contributed by atoms with Gasteiger partial charge in [0.2, 0.25) is 0 Å². The molecule has 0 unspecified atom stereocenters. The van der Waals surface area contributed by atoms with Crippen molar-refractivity contribution in [3.8, 4) is 0 Å². The number of aryl methyl sites for hydroxylation is 2. The molecule has 122 valence electrons. The first-order valence-electron chi connectivity index (χ1n) is 8.32. The van der Waals surface area contributed by atoms with E-state index >= 15 is 0 Å². The van der Waals surface area contributed by atoms with Crippen molar-refractivity contribution >= 4 is 16.5 Å². The molecule has 1 aliphatic rings. The highest BCUT2D eigenvalue weighted by atomic mass is 16.1. The van der Waals surface area contributed by atoms with Crippen LogP contribution in [0.3, 0.4) is 0 Å². The van der Waals surface area contributed by atoms with E-state index in [9.17, 15) is 4.79 Å². The second kappa shape index (κ2) is 5.64. The summed E-state index contributed by atoms with van der Waals surface area (Å²) in [6, 6.07) is 8.01. The molecule has 3 nitrogen and oxygen atoms in total. The molecule has 3 heteroatoms. The Labute approximate surface area is 138 Å². The predicted octanol–water partition coefficient (Wildman–Crippen LogP) is 3.73. The quantitative estimate of drug-likeness (QED) is 0.802. The van der Waals surface area contributed by atoms with Crippen LogP contribution in [0.4, 0.5) is 0 Å². The first-order valence-corrected chi connectivity index (χ1v) is 8.32. The van der Waals surface area contributed by atoms with Gasteiger partial charge in [0.25, 0.3) is 5.56 Å². The van der Waals surface area contributed by atoms with E-state index in [1.165, 1.54) is 16.7 Å². The summed E-state index contributed by atoms with van der Waals surface area (Å²) in [5, 5.41) is 1.16. The number of nitrogens with zero attached hydrogens (tertiary/aromatic N) is 2. The van der Waals surface area contributed by atoms with Gasteiger partial charge in [-0.3, -0.25) is 9.69 Å². The molecule has 2 heterocycles. The van der Waals surface area contributed by atoms with Crippen molar-refractivity contribution in [1.29, 1.82) is 0 Å². The van der Waals surface area contributed by atoms with Crippen LogP contribution < -0.4 is 5.56 Å². The van der Waals surface area contributed by atoms with E-state index < -0.39 is 0 Å². The predicted molar refractivity (Wildman–Crippen MR) is 97.8 cm³/mol. The van der Waals surface area contributed by atoms with Crippen LogP contribution >= 0.6 is 0 Å². The van der Waals surface area contributed by atoms with Crippen molar-refractivity contribution in [2.24, 2.45) is 7.05 Å². The number of aromatic nitrogens is 1. The van der Waals surface area contributed by atoms with E-state index in [1.54, 1.807) is 10.6 Å². The molecule has 0 aliphatic carbocycles. The molecule has 0 atom stereocenters. The smallest absolute Gasteiger partial charge is 0.250 e. The highest BCUT2D eigenvalue weighted by Crippen LogP contribution is 2.29. The SMILES string of the molecule is Cc1cc(C2=CCN(C(C)(C)C)CC2)cc2c1ccc(=O)n2C. The van der Waals surface area contributed by atoms with Gasteiger partial charge in [0.15, 0.2) is 0 Å². The van der Waals surface area contributed by atoms with Crippen LogP contribution in [0.1, 0.15) is 38.3 Å². The van der Waals surface area contributed by atoms with Gasteiger partial charge in [-0.1, -0.05) is 12.1 Å². The van der Waals surface area contributed by atoms with Crippen LogP contribution in [-0.2, 0) is 7.05 Å². The minimum atomic E-state index is 0.0468. The number of benzene rings is 1. The number of hydrogen-bond donors (Lipinski definition) is 0. The maximum atomic E-state index is 11.9. The summed E-state index contributed by atoms with van der Waals surface area (Å²) in [5.74, 6) is 0. The Kier molecular flexibility index (Phi) is 3.93. The van der Waals surface area contributed by atoms with Crippen LogP contribution in [0.2, 0.25) is 0 Å². The van der Waals surface area contributed by atoms with Gasteiger partial charge in [-0.05, 0) is 62.9 Å². The summed E-state index contributed by atoms with van der Waals surface area (Å²) in [4.78, 5) is 14.4. The van der Waals surface area contributed by atoms with Gasteiger partial charge >= 0.3 is 0 Å². The Bertz CT molecular complexity index is 837. The average Bonchev–Trinajstić information content (AvgIpc) is 2.50. The van der Waals surface area contributed by atoms with E-state index in [1.807, 2.05) is 13.1 Å². The summed E-state index contributed by atoms with van der Waals surface area (Å²) in [6.07, 6.45) is 3.40. The molecule has 1 aromatic carbocycles. The van der Waals surface area contributed by atoms with E-state index in [2.05, 4.69) is 50.8 Å². The largest absolute Gasteiger partial charge is 0.311 e. The van der Waals surface area contributed by atoms with Crippen LogP contribution in [0.5, 0.6) is 0 Å². The van der Waals surface area contributed by atoms with Crippen molar-refractivity contribution in [3.05, 3.63) is 51.8 Å². The van der Waals surface area contributed by atoms with Gasteiger partial charge in [-0.2, -0.15) is 0 Å². The number of rotatable bonds is 1. The Morgan fingerprint density at radius 1 is 1.13 bits per heavy atom. The Hall–Kier alpha value is -1.87. The molecule has 0 saturated heterocycles. The van der Waals surface area contributed by atoms with Crippen molar-refractivity contribution in [2.45, 2.75) is 39.7 Å². The standard InChI is InChI=1S/C20H26N2O/c1-14-12-16(13-18-17(14)6-7-19(23)21(18)5)15-8-10-22(11-9-15)20(2,3)4/h6-8,12-13H,9-11H2,1-5H3. The summed E-state index contributed by atoms with van der Waals surface area (Å²) in [5.41, 5.74) is 5.16. The normalized spacial score (nSPS) is 16.7. The Morgan fingerprint density at radius 3 is 2.48 bits per heavy atom. The zero-order valence-electron chi connectivity index (χ0n) is 14.8. The molecular weight excluding hydrogens is 284 g/mol. The zero-order valence-corrected chi connectivity index (χ0v) is 14.8. The van der Waals surface area contributed by atoms with Crippen LogP contribution in [0.25, 0.3) is 16.5 Å². The summed E-state index contributed by atoms with van der Waals surface area (Å²) in [6.45, 7) is 11.0. The van der Waals surface area contributed by atoms with Crippen molar-refractivity contribution < 1.29 is 0 Å². The lowest BCUT2D eigenvalue weighted by Crippen LogP contribution is -2.43. The molecule has 0 saturated carbocycles. The second-order valence-electron chi connectivity index (χ2n) is 7.55. The third kappa shape index (κ3) is 2.98. The van der Waals surface area contributed by atoms with Gasteiger partial charge < -0.3 is 4.57 Å². The molecule has 0 radical (unpaired) electrons. The number of fused-ring (bicyclic) bond motifs is 1. The molecule has 0 spiro atoms. The van der Waals surface area contributed by atoms with Crippen LogP contribution in [0, 0.1) is 6.92 Å². The minimum Gasteiger partial charge on any atom is -0.311 e. The minimum absolute atomic E-state index is 0.0468. The van der Waals surface area contributed by atoms with Gasteiger partial charge in [0.05, 0.1) is 5.52 Å². The number of pyridine rings is 1. The lowest BCUT2D eigenvalue weighted by atomic mass is 9.94. The van der Waals surface area contributed by atoms with Gasteiger partial charge in [-0.15, -0.1) is 0 Å². The molecule has 2 aromatic rings. The van der Waals surface area contributed by atoms with E-state index in [4.69, 9.17) is 0 Å². The average molecular weight is 310 g/mol. The number of hydrogen-bond acceptors (Lipinski definition) is 2. The van der Waals surface area contributed by atoms with E-state index in [0.29, 0.717) is 0 Å². The van der Waals surface area contributed by atoms with Crippen molar-refractivity contribution in [1.82, 2.24) is 9.47 Å². The monoisotopic (exact) mass is 310 g/mol. The van der Waals surface area contributed by atoms with E-state index in [-0.39, 0.29) is 11.1 Å². The molecule has 1 aliphatic heterocycles. The van der Waals surface area contributed by atoms with Crippen LogP contribution in [-0.4, -0.2) is 28.1 Å². The molecule has 0 fully saturated rings. The molecule has 0 amide bonds. The fourth-order valence-corrected chi connectivity index (χ4v) is 3.39. The Balaban J connectivity index is 2.03. The second-order valence-corrected chi connectivity index (χ2v) is 7.55. The molecule has 0 N–H and O–H groups in total. The fourth-order valence-electron chi connectivity index (χ4n) is 3.39. The first kappa shape index (κ1) is 16.0. The fraction of sp³-hybridized carbons (Fsp3) is 0.450. The van der Waals surface area contributed by atoms with Gasteiger partial charge in [-0.25, -0.2) is 0 Å². The third-order valence-corrected chi connectivity index (χ3v) is 4.98. The van der Waals surface area contributed by atoms with Gasteiger partial charge in [0.1, 0.15) is 0 Å². The highest BCUT2D eigenvalue weighted by Gasteiger charge is 2.23. The maximum Gasteiger partial charge on any atom is 0.250 e. The zero-order chi connectivity index (χ0) is 16.8. The topological polar surface area (TPSA) is 25.2 Å². The molecule has 23 heavy (non-hydrogen) atoms. The highest BCUT2D eigenvalue weighted by molar-refractivity contribution is 5.86. The Morgan fingerprint density at radius 2 is 1.87 bits per heavy atom. The summed E-state index contributed by atoms with van der Waals surface area (Å²) in [7, 11) is 1.85. The molecule has 0 bridgehead atoms. The summed E-state index contributed by atoms with van der Waals surface area (Å²) < 4.78 is 1.75. The molecule has 3 rings (SSSR count). The third-order valence-electron chi connectivity index (χ3n) is 4.98. The van der Waals surface area contributed by atoms with Crippen molar-refractivity contribution in [3.63, 3.8) is 0 Å². The lowest BCUT2D eigenvalue weighted by molar-refractivity contribution is 0.153. The molecule has 1 aromatic heterocycles. The van der Waals surface area contributed by atoms with Gasteiger partial charge in [0, 0.05) is 37.1 Å². The van der Waals surface area contributed by atoms with Crippen LogP contribution in [0.15, 0.2) is 35.1 Å². The lowest BCUT2D eigenvalue weighted by Gasteiger charge is -2.37. The first-order chi connectivity index (χ1) is 10.8. The van der Waals surface area contributed by atoms with Crippen molar-refractivity contribution in [2.75, 3.05) is 13.1 Å². The maximum absolute atomic E-state index is 11.9. The molecular formula is C20H26N2O.